The van der Waals surface area contributed by atoms with Gasteiger partial charge in [0, 0.05) is 23.7 Å². The Labute approximate surface area is 412 Å². The second-order valence-electron chi connectivity index (χ2n) is 18.0. The van der Waals surface area contributed by atoms with E-state index < -0.39 is 164 Å². The minimum Gasteiger partial charge on any atom is -0.454 e. The molecule has 0 aromatic carbocycles. The van der Waals surface area contributed by atoms with Gasteiger partial charge >= 0.3 is 23.9 Å². The van der Waals surface area contributed by atoms with E-state index in [9.17, 15) is 78.0 Å². The summed E-state index contributed by atoms with van der Waals surface area (Å²) in [6.07, 6.45) is 13.4. The van der Waals surface area contributed by atoms with Crippen LogP contribution in [0.4, 0.5) is 0 Å². The molecule has 0 unspecified atom stereocenters. The van der Waals surface area contributed by atoms with E-state index >= 15 is 0 Å². The zero-order valence-corrected chi connectivity index (χ0v) is 40.5. The van der Waals surface area contributed by atoms with Gasteiger partial charge in [0.2, 0.25) is 0 Å². The number of cyclic esters (lactones) is 4. The summed E-state index contributed by atoms with van der Waals surface area (Å²) in [6, 6.07) is 0. The first-order valence-electron chi connectivity index (χ1n) is 23.0. The van der Waals surface area contributed by atoms with Crippen molar-refractivity contribution in [1.82, 2.24) is 0 Å². The van der Waals surface area contributed by atoms with Gasteiger partial charge in [-0.2, -0.15) is 0 Å². The van der Waals surface area contributed by atoms with Crippen molar-refractivity contribution in [2.24, 2.45) is 45.3 Å². The molecule has 8 aliphatic rings. The van der Waals surface area contributed by atoms with Gasteiger partial charge in [0.25, 0.3) is 0 Å². The maximum absolute atomic E-state index is 12.2. The Balaban J connectivity index is 0.000000178. The highest BCUT2D eigenvalue weighted by Crippen LogP contribution is 2.48. The van der Waals surface area contributed by atoms with Crippen molar-refractivity contribution in [3.05, 3.63) is 97.2 Å². The Morgan fingerprint density at radius 1 is 0.347 bits per heavy atom. The van der Waals surface area contributed by atoms with Crippen LogP contribution in [0.5, 0.6) is 0 Å². The summed E-state index contributed by atoms with van der Waals surface area (Å²) in [4.78, 5) is 143. The van der Waals surface area contributed by atoms with Gasteiger partial charge in [0.05, 0.1) is 0 Å². The third kappa shape index (κ3) is 8.48. The molecule has 4 spiro atoms. The first-order chi connectivity index (χ1) is 33.8. The molecule has 0 aromatic rings. The number of esters is 4. The number of Topliss-reactive ketones (excluding diaryl/α,β-unsaturated/α-hetero) is 4. The predicted octanol–water partition coefficient (Wildman–Crippen LogP) is 0.717. The first-order valence-corrected chi connectivity index (χ1v) is 23.0. The quantitative estimate of drug-likeness (QED) is 0.130. The average Bonchev–Trinajstić information content (AvgIpc) is 3.89. The van der Waals surface area contributed by atoms with Crippen LogP contribution in [-0.4, -0.2) is 139 Å². The summed E-state index contributed by atoms with van der Waals surface area (Å²) >= 11 is 0. The summed E-state index contributed by atoms with van der Waals surface area (Å²) in [6.45, 7) is 12.7. The van der Waals surface area contributed by atoms with E-state index in [1.807, 2.05) is 0 Å². The Kier molecular flexibility index (Phi) is 16.6. The van der Waals surface area contributed by atoms with Gasteiger partial charge in [-0.25, -0.2) is 0 Å². The highest BCUT2D eigenvalue weighted by molar-refractivity contribution is 6.20. The largest absolute Gasteiger partial charge is 0.454 e. The predicted molar refractivity (Wildman–Crippen MR) is 246 cm³/mol. The third-order valence-electron chi connectivity index (χ3n) is 14.0. The topological polar surface area (TPSA) is 323 Å². The van der Waals surface area contributed by atoms with Gasteiger partial charge in [0.15, 0.2) is 92.3 Å². The maximum atomic E-state index is 12.2. The van der Waals surface area contributed by atoms with Crippen LogP contribution in [0.25, 0.3) is 0 Å². The smallest absolute Gasteiger partial charge is 0.324 e. The van der Waals surface area contributed by atoms with Gasteiger partial charge in [-0.3, -0.25) is 57.5 Å². The van der Waals surface area contributed by atoms with Crippen LogP contribution in [0, 0.1) is 45.3 Å². The molecule has 0 radical (unpaired) electrons. The number of ether oxygens (including phenoxy) is 4. The number of rotatable bonds is 4. The number of carbonyl (C=O) groups excluding carboxylic acids is 12. The number of hydrogen-bond donors (Lipinski definition) is 4. The molecule has 20 heteroatoms. The van der Waals surface area contributed by atoms with E-state index in [2.05, 4.69) is 0 Å². The molecular weight excluding hydrogens is 945 g/mol. The molecule has 4 N–H and O–H groups in total. The molecule has 0 saturated carbocycles. The van der Waals surface area contributed by atoms with E-state index in [1.54, 1.807) is 76.3 Å². The number of aliphatic hydroxyl groups is 4. The number of allylic oxidation sites excluding steroid dienone is 12. The number of carbonyl (C=O) groups is 12. The molecule has 0 aromatic heterocycles. The van der Waals surface area contributed by atoms with Crippen molar-refractivity contribution in [3.63, 3.8) is 0 Å². The second kappa shape index (κ2) is 21.4. The molecule has 384 valence electrons. The monoisotopic (exact) mass is 1000 g/mol. The first kappa shape index (κ1) is 55.9. The normalized spacial score (nSPS) is 39.9. The van der Waals surface area contributed by atoms with Crippen LogP contribution in [0.3, 0.4) is 0 Å². The van der Waals surface area contributed by atoms with Gasteiger partial charge in [-0.05, 0) is 79.7 Å². The van der Waals surface area contributed by atoms with E-state index in [1.165, 1.54) is 76.3 Å². The van der Waals surface area contributed by atoms with Crippen molar-refractivity contribution in [1.29, 1.82) is 0 Å². The maximum Gasteiger partial charge on any atom is 0.324 e. The highest BCUT2D eigenvalue weighted by Gasteiger charge is 2.69. The van der Waals surface area contributed by atoms with Crippen LogP contribution < -0.4 is 0 Å². The highest BCUT2D eigenvalue weighted by atomic mass is 16.6. The van der Waals surface area contributed by atoms with E-state index in [0.29, 0.717) is 0 Å². The van der Waals surface area contributed by atoms with E-state index in [4.69, 9.17) is 18.9 Å². The lowest BCUT2D eigenvalue weighted by atomic mass is 9.64. The van der Waals surface area contributed by atoms with Crippen LogP contribution >= 0.6 is 0 Å². The van der Waals surface area contributed by atoms with Gasteiger partial charge in [-0.15, -0.1) is 0 Å². The van der Waals surface area contributed by atoms with Crippen molar-refractivity contribution < 1.29 is 96.9 Å². The standard InChI is InChI=1S/4C13H14O5/c4*1-3-4-8-5-6-9(14)11(16)13(8)10(15)7(2)18-12(13)17/h4*3-8,11,16H,1-2H3/b4*4-3+/t7-,8+,11-,13+;7-,8+,11-,13-;7-,8-,11+,13+;7-,8-,11+,13-/m1100/s1. The fraction of sp³-hybridized carbons (Fsp3) is 0.462. The molecule has 4 aliphatic carbocycles. The molecule has 0 amide bonds. The molecule has 72 heavy (non-hydrogen) atoms. The van der Waals surface area contributed by atoms with Gasteiger partial charge in [0.1, 0.15) is 24.4 Å². The SMILES string of the molecule is C/C=C/[C@H]1C=CC(=O)[C@@H](O)[C@@]12C(=O)O[C@@H](C)C2=O.C/C=C/[C@H]1C=CC(=O)[C@@H](O)[C@@]12C(=O)O[C@H](C)C2=O.C/C=C/[C@H]1C=CC(=O)[C@@H](O)[C@]12C(=O)O[C@@H](C)C2=O.C/C=C/[C@H]1C=CC(=O)[C@@H](O)[C@]12C(=O)O[C@H](C)C2=O. The number of aliphatic hydroxyl groups excluding tert-OH is 4. The number of hydrogen-bond acceptors (Lipinski definition) is 20. The molecule has 4 saturated heterocycles. The Morgan fingerprint density at radius 3 is 0.639 bits per heavy atom. The minimum absolute atomic E-state index is 0.541. The zero-order chi connectivity index (χ0) is 54.0. The molecule has 16 atom stereocenters. The molecule has 0 bridgehead atoms. The van der Waals surface area contributed by atoms with Crippen molar-refractivity contribution in [2.45, 2.75) is 104 Å². The molecule has 4 heterocycles. The van der Waals surface area contributed by atoms with Gasteiger partial charge < -0.3 is 39.4 Å². The van der Waals surface area contributed by atoms with Gasteiger partial charge in [-0.1, -0.05) is 72.9 Å². The summed E-state index contributed by atoms with van der Waals surface area (Å²) in [5.41, 5.74) is -7.23. The Bertz CT molecular complexity index is 2260. The molecule has 4 aliphatic heterocycles. The molecule has 8 rings (SSSR count). The number of ketones is 8. The van der Waals surface area contributed by atoms with Crippen molar-refractivity contribution in [2.75, 3.05) is 0 Å². The summed E-state index contributed by atoms with van der Waals surface area (Å²) in [5.74, 6) is -10.7. The minimum atomic E-state index is -1.81. The Morgan fingerprint density at radius 2 is 0.514 bits per heavy atom. The fourth-order valence-electron chi connectivity index (χ4n) is 10.3. The van der Waals surface area contributed by atoms with Crippen molar-refractivity contribution in [3.8, 4) is 0 Å². The third-order valence-corrected chi connectivity index (χ3v) is 14.0. The van der Waals surface area contributed by atoms with Crippen LogP contribution in [0.1, 0.15) is 55.4 Å². The lowest BCUT2D eigenvalue weighted by molar-refractivity contribution is -0.161. The lowest BCUT2D eigenvalue weighted by Gasteiger charge is -2.34. The molecule has 4 fully saturated rings. The zero-order valence-electron chi connectivity index (χ0n) is 40.5. The second-order valence-corrected chi connectivity index (χ2v) is 18.0. The average molecular weight is 1000 g/mol. The summed E-state index contributed by atoms with van der Waals surface area (Å²) in [7, 11) is 0. The summed E-state index contributed by atoms with van der Waals surface area (Å²) < 4.78 is 19.6. The van der Waals surface area contributed by atoms with Crippen LogP contribution in [0.2, 0.25) is 0 Å². The van der Waals surface area contributed by atoms with Crippen LogP contribution in [-0.2, 0) is 76.5 Å². The van der Waals surface area contributed by atoms with Crippen LogP contribution in [0.15, 0.2) is 97.2 Å². The molecular formula is C52H56O20. The van der Waals surface area contributed by atoms with E-state index in [-0.39, 0.29) is 0 Å². The fourth-order valence-corrected chi connectivity index (χ4v) is 10.3. The van der Waals surface area contributed by atoms with E-state index in [0.717, 1.165) is 0 Å². The van der Waals surface area contributed by atoms with Crippen molar-refractivity contribution >= 4 is 70.1 Å². The Hall–Kier alpha value is -7.00. The lowest BCUT2D eigenvalue weighted by Crippen LogP contribution is -2.55. The molecule has 20 nitrogen and oxygen atoms in total. The summed E-state index contributed by atoms with van der Waals surface area (Å²) in [5, 5.41) is 40.1.